The molecule has 0 fully saturated rings. The van der Waals surface area contributed by atoms with Gasteiger partial charge < -0.3 is 9.67 Å². The normalized spacial score (nSPS) is 12.5. The molecule has 1 atom stereocenters. The summed E-state index contributed by atoms with van der Waals surface area (Å²) in [5.74, 6) is -0.474. The minimum Gasteiger partial charge on any atom is -0.386 e. The number of halogens is 1. The van der Waals surface area contributed by atoms with Crippen LogP contribution in [0.4, 0.5) is 4.39 Å². The van der Waals surface area contributed by atoms with E-state index in [9.17, 15) is 14.3 Å². The second-order valence-electron chi connectivity index (χ2n) is 4.88. The van der Waals surface area contributed by atoms with Crippen molar-refractivity contribution in [3.05, 3.63) is 82.4 Å². The molecule has 1 heterocycles. The molecular weight excluding hydrogens is 269 g/mol. The Hall–Kier alpha value is -2.46. The monoisotopic (exact) mass is 283 g/mol. The van der Waals surface area contributed by atoms with Crippen molar-refractivity contribution >= 4 is 10.9 Å². The second kappa shape index (κ2) is 5.50. The maximum absolute atomic E-state index is 13.7. The quantitative estimate of drug-likeness (QED) is 0.803. The number of aliphatic hydroxyl groups is 1. The number of pyridine rings is 1. The first-order valence-electron chi connectivity index (χ1n) is 6.68. The van der Waals surface area contributed by atoms with E-state index in [0.29, 0.717) is 0 Å². The van der Waals surface area contributed by atoms with Gasteiger partial charge in [-0.15, -0.1) is 0 Å². The lowest BCUT2D eigenvalue weighted by Crippen LogP contribution is -2.23. The van der Waals surface area contributed by atoms with Gasteiger partial charge in [-0.05, 0) is 23.6 Å². The fourth-order valence-electron chi connectivity index (χ4n) is 2.45. The topological polar surface area (TPSA) is 42.2 Å². The molecule has 4 heteroatoms. The van der Waals surface area contributed by atoms with Gasteiger partial charge in [-0.1, -0.05) is 36.4 Å². The van der Waals surface area contributed by atoms with Crippen molar-refractivity contribution in [3.63, 3.8) is 0 Å². The van der Waals surface area contributed by atoms with E-state index in [4.69, 9.17) is 0 Å². The van der Waals surface area contributed by atoms with E-state index >= 15 is 0 Å². The molecule has 1 unspecified atom stereocenters. The molecule has 0 aliphatic rings. The summed E-state index contributed by atoms with van der Waals surface area (Å²) in [5.41, 5.74) is 0.696. The van der Waals surface area contributed by atoms with Crippen LogP contribution in [0.25, 0.3) is 10.9 Å². The Labute approximate surface area is 120 Å². The minimum atomic E-state index is -1.07. The van der Waals surface area contributed by atoms with Gasteiger partial charge in [0.05, 0.1) is 18.2 Å². The summed E-state index contributed by atoms with van der Waals surface area (Å²) >= 11 is 0. The number of hydrogen-bond acceptors (Lipinski definition) is 2. The third-order valence-electron chi connectivity index (χ3n) is 3.52. The average Bonchev–Trinajstić information content (AvgIpc) is 2.50. The molecule has 0 aliphatic carbocycles. The first kappa shape index (κ1) is 13.5. The molecule has 1 N–H and O–H groups in total. The lowest BCUT2D eigenvalue weighted by Gasteiger charge is -2.15. The summed E-state index contributed by atoms with van der Waals surface area (Å²) in [6.07, 6.45) is -1.07. The lowest BCUT2D eigenvalue weighted by atomic mass is 10.1. The zero-order valence-corrected chi connectivity index (χ0v) is 11.2. The molecule has 0 bridgehead atoms. The largest absolute Gasteiger partial charge is 0.386 e. The Morgan fingerprint density at radius 3 is 2.52 bits per heavy atom. The molecule has 2 aromatic carbocycles. The molecule has 0 saturated carbocycles. The van der Waals surface area contributed by atoms with Gasteiger partial charge in [0.15, 0.2) is 0 Å². The molecule has 1 aromatic heterocycles. The fourth-order valence-corrected chi connectivity index (χ4v) is 2.45. The highest BCUT2D eigenvalue weighted by atomic mass is 19.1. The van der Waals surface area contributed by atoms with Crippen LogP contribution < -0.4 is 5.56 Å². The number of fused-ring (bicyclic) bond motifs is 1. The average molecular weight is 283 g/mol. The van der Waals surface area contributed by atoms with Crippen molar-refractivity contribution in [1.29, 1.82) is 0 Å². The number of aliphatic hydroxyl groups excluding tert-OH is 1. The Morgan fingerprint density at radius 2 is 1.71 bits per heavy atom. The summed E-state index contributed by atoms with van der Waals surface area (Å²) in [5, 5.41) is 11.1. The smallest absolute Gasteiger partial charge is 0.251 e. The minimum absolute atomic E-state index is 0.0150. The Balaban J connectivity index is 2.04. The maximum Gasteiger partial charge on any atom is 0.251 e. The van der Waals surface area contributed by atoms with Crippen molar-refractivity contribution in [1.82, 2.24) is 4.57 Å². The molecule has 21 heavy (non-hydrogen) atoms. The standard InChI is InChI=1S/C17H14FNO2/c18-14-7-3-2-6-13(14)16(20)11-19-15-8-4-1-5-12(15)9-10-17(19)21/h1-10,16,20H,11H2. The van der Waals surface area contributed by atoms with E-state index < -0.39 is 11.9 Å². The molecule has 0 spiro atoms. The summed E-state index contributed by atoms with van der Waals surface area (Å²) in [7, 11) is 0. The SMILES string of the molecule is O=c1ccc2ccccc2n1CC(O)c1ccccc1F. The summed E-state index contributed by atoms with van der Waals surface area (Å²) in [6, 6.07) is 16.6. The molecule has 0 radical (unpaired) electrons. The van der Waals surface area contributed by atoms with Crippen LogP contribution in [0.2, 0.25) is 0 Å². The first-order chi connectivity index (χ1) is 10.2. The van der Waals surface area contributed by atoms with Crippen LogP contribution in [0, 0.1) is 5.82 Å². The van der Waals surface area contributed by atoms with E-state index in [1.54, 1.807) is 18.2 Å². The highest BCUT2D eigenvalue weighted by Gasteiger charge is 2.14. The molecule has 0 saturated heterocycles. The zero-order chi connectivity index (χ0) is 14.8. The van der Waals surface area contributed by atoms with Gasteiger partial charge in [0.25, 0.3) is 5.56 Å². The molecule has 3 nitrogen and oxygen atoms in total. The lowest BCUT2D eigenvalue weighted by molar-refractivity contribution is 0.152. The van der Waals surface area contributed by atoms with Crippen LogP contribution in [-0.2, 0) is 6.54 Å². The predicted molar refractivity (Wildman–Crippen MR) is 79.6 cm³/mol. The number of rotatable bonds is 3. The molecule has 0 aliphatic heterocycles. The van der Waals surface area contributed by atoms with Gasteiger partial charge in [-0.3, -0.25) is 4.79 Å². The van der Waals surface area contributed by atoms with Crippen LogP contribution in [-0.4, -0.2) is 9.67 Å². The van der Waals surface area contributed by atoms with Crippen LogP contribution in [0.5, 0.6) is 0 Å². The molecular formula is C17H14FNO2. The highest BCUT2D eigenvalue weighted by Crippen LogP contribution is 2.20. The number of hydrogen-bond donors (Lipinski definition) is 1. The number of nitrogens with zero attached hydrogens (tertiary/aromatic N) is 1. The summed E-state index contributed by atoms with van der Waals surface area (Å²) in [6.45, 7) is 0.0150. The van der Waals surface area contributed by atoms with Crippen molar-refractivity contribution in [2.75, 3.05) is 0 Å². The van der Waals surface area contributed by atoms with Crippen molar-refractivity contribution in [3.8, 4) is 0 Å². The molecule has 106 valence electrons. The first-order valence-corrected chi connectivity index (χ1v) is 6.68. The van der Waals surface area contributed by atoms with E-state index in [-0.39, 0.29) is 17.7 Å². The number of para-hydroxylation sites is 1. The molecule has 3 rings (SSSR count). The van der Waals surface area contributed by atoms with Gasteiger partial charge in [-0.2, -0.15) is 0 Å². The van der Waals surface area contributed by atoms with Crippen LogP contribution >= 0.6 is 0 Å². The van der Waals surface area contributed by atoms with Crippen LogP contribution in [0.3, 0.4) is 0 Å². The Bertz CT molecular complexity index is 841. The third-order valence-corrected chi connectivity index (χ3v) is 3.52. The van der Waals surface area contributed by atoms with Crippen LogP contribution in [0.15, 0.2) is 65.5 Å². The molecule has 3 aromatic rings. The van der Waals surface area contributed by atoms with Crippen molar-refractivity contribution in [2.24, 2.45) is 0 Å². The fraction of sp³-hybridized carbons (Fsp3) is 0.118. The summed E-state index contributed by atoms with van der Waals surface area (Å²) < 4.78 is 15.2. The maximum atomic E-state index is 13.7. The molecule has 0 amide bonds. The second-order valence-corrected chi connectivity index (χ2v) is 4.88. The van der Waals surface area contributed by atoms with Gasteiger partial charge in [-0.25, -0.2) is 4.39 Å². The third kappa shape index (κ3) is 2.58. The van der Waals surface area contributed by atoms with E-state index in [2.05, 4.69) is 0 Å². The number of benzene rings is 2. The van der Waals surface area contributed by atoms with E-state index in [1.807, 2.05) is 24.3 Å². The van der Waals surface area contributed by atoms with Crippen LogP contribution in [0.1, 0.15) is 11.7 Å². The van der Waals surface area contributed by atoms with Crippen molar-refractivity contribution < 1.29 is 9.50 Å². The predicted octanol–water partition coefficient (Wildman–Crippen LogP) is 2.87. The van der Waals surface area contributed by atoms with Gasteiger partial charge in [0.2, 0.25) is 0 Å². The van der Waals surface area contributed by atoms with E-state index in [1.165, 1.54) is 22.8 Å². The Morgan fingerprint density at radius 1 is 1.00 bits per heavy atom. The Kier molecular flexibility index (Phi) is 3.54. The summed E-state index contributed by atoms with van der Waals surface area (Å²) in [4.78, 5) is 12.0. The van der Waals surface area contributed by atoms with Gasteiger partial charge in [0.1, 0.15) is 5.82 Å². The van der Waals surface area contributed by atoms with Gasteiger partial charge >= 0.3 is 0 Å². The highest BCUT2D eigenvalue weighted by molar-refractivity contribution is 5.78. The van der Waals surface area contributed by atoms with E-state index in [0.717, 1.165) is 10.9 Å². The van der Waals surface area contributed by atoms with Gasteiger partial charge in [0, 0.05) is 11.6 Å². The van der Waals surface area contributed by atoms with Crippen molar-refractivity contribution in [2.45, 2.75) is 12.6 Å². The number of aromatic nitrogens is 1. The zero-order valence-electron chi connectivity index (χ0n) is 11.2.